The highest BCUT2D eigenvalue weighted by molar-refractivity contribution is 5.79. The molecule has 8 heteroatoms. The molecule has 0 amide bonds. The quantitative estimate of drug-likeness (QED) is 0.377. The van der Waals surface area contributed by atoms with Crippen molar-refractivity contribution in [2.45, 2.75) is 26.9 Å². The van der Waals surface area contributed by atoms with Gasteiger partial charge in [-0.15, -0.1) is 0 Å². The molecule has 0 saturated carbocycles. The number of hydrogen-bond acceptors (Lipinski definition) is 4. The minimum absolute atomic E-state index is 0.0868. The van der Waals surface area contributed by atoms with Crippen LogP contribution in [0, 0.1) is 24.0 Å². The number of aryl methyl sites for hydroxylation is 2. The summed E-state index contributed by atoms with van der Waals surface area (Å²) in [7, 11) is 3.63. The molecule has 0 aliphatic heterocycles. The lowest BCUT2D eigenvalue weighted by atomic mass is 10.2. The van der Waals surface area contributed by atoms with Crippen molar-refractivity contribution in [1.29, 1.82) is 0 Å². The van der Waals surface area contributed by atoms with Gasteiger partial charge in [-0.2, -0.15) is 5.10 Å². The zero-order chi connectivity index (χ0) is 17.7. The molecular weight excluding hydrogens is 308 g/mol. The van der Waals surface area contributed by atoms with Crippen LogP contribution in [0.15, 0.2) is 29.3 Å². The first-order chi connectivity index (χ1) is 11.4. The summed E-state index contributed by atoms with van der Waals surface area (Å²) < 4.78 is 1.86. The highest BCUT2D eigenvalue weighted by Gasteiger charge is 2.10. The smallest absolute Gasteiger partial charge is 0.269 e. The molecule has 2 N–H and O–H groups in total. The molecule has 0 fully saturated rings. The largest absolute Gasteiger partial charge is 0.352 e. The molecule has 0 aliphatic rings. The van der Waals surface area contributed by atoms with Crippen LogP contribution in [0.25, 0.3) is 0 Å². The monoisotopic (exact) mass is 330 g/mol. The van der Waals surface area contributed by atoms with Crippen LogP contribution in [0.1, 0.15) is 22.5 Å². The minimum atomic E-state index is -0.406. The summed E-state index contributed by atoms with van der Waals surface area (Å²) in [6.45, 7) is 5.18. The van der Waals surface area contributed by atoms with Crippen LogP contribution in [0.3, 0.4) is 0 Å². The van der Waals surface area contributed by atoms with Crippen molar-refractivity contribution in [3.8, 4) is 0 Å². The number of nitro groups is 1. The molecule has 0 bridgehead atoms. The number of benzene rings is 1. The van der Waals surface area contributed by atoms with Crippen LogP contribution in [0.2, 0.25) is 0 Å². The zero-order valence-corrected chi connectivity index (χ0v) is 14.3. The first kappa shape index (κ1) is 17.5. The Kier molecular flexibility index (Phi) is 5.51. The molecule has 1 aromatic heterocycles. The van der Waals surface area contributed by atoms with E-state index in [4.69, 9.17) is 0 Å². The van der Waals surface area contributed by atoms with E-state index in [0.717, 1.165) is 22.5 Å². The van der Waals surface area contributed by atoms with Crippen molar-refractivity contribution in [3.05, 3.63) is 56.9 Å². The molecule has 2 aromatic rings. The Morgan fingerprint density at radius 2 is 1.88 bits per heavy atom. The van der Waals surface area contributed by atoms with Crippen LogP contribution in [0.4, 0.5) is 5.69 Å². The van der Waals surface area contributed by atoms with E-state index in [0.29, 0.717) is 19.0 Å². The van der Waals surface area contributed by atoms with Gasteiger partial charge in [0.1, 0.15) is 0 Å². The van der Waals surface area contributed by atoms with Gasteiger partial charge in [0, 0.05) is 50.6 Å². The molecule has 0 unspecified atom stereocenters. The molecule has 0 atom stereocenters. The van der Waals surface area contributed by atoms with Gasteiger partial charge in [-0.05, 0) is 19.4 Å². The van der Waals surface area contributed by atoms with Crippen molar-refractivity contribution < 1.29 is 4.92 Å². The molecule has 0 spiro atoms. The molecule has 2 rings (SSSR count). The second-order valence-electron chi connectivity index (χ2n) is 5.48. The van der Waals surface area contributed by atoms with Crippen LogP contribution >= 0.6 is 0 Å². The second kappa shape index (κ2) is 7.58. The fourth-order valence-corrected chi connectivity index (χ4v) is 2.39. The van der Waals surface area contributed by atoms with E-state index in [1.165, 1.54) is 12.1 Å². The average Bonchev–Trinajstić information content (AvgIpc) is 2.81. The van der Waals surface area contributed by atoms with Gasteiger partial charge >= 0.3 is 0 Å². The van der Waals surface area contributed by atoms with Crippen molar-refractivity contribution >= 4 is 11.6 Å². The number of non-ortho nitro benzene ring substituents is 1. The Bertz CT molecular complexity index is 749. The molecular formula is C16H22N6O2. The van der Waals surface area contributed by atoms with Crippen LogP contribution in [-0.4, -0.2) is 27.7 Å². The Labute approximate surface area is 140 Å². The predicted molar refractivity (Wildman–Crippen MR) is 92.8 cm³/mol. The Morgan fingerprint density at radius 3 is 2.38 bits per heavy atom. The van der Waals surface area contributed by atoms with E-state index in [-0.39, 0.29) is 5.69 Å². The Balaban J connectivity index is 1.92. The summed E-state index contributed by atoms with van der Waals surface area (Å²) in [5.74, 6) is 0.663. The summed E-state index contributed by atoms with van der Waals surface area (Å²) in [5, 5.41) is 21.5. The van der Waals surface area contributed by atoms with E-state index in [9.17, 15) is 10.1 Å². The number of hydrogen-bond donors (Lipinski definition) is 2. The number of aromatic nitrogens is 2. The third kappa shape index (κ3) is 4.09. The molecule has 8 nitrogen and oxygen atoms in total. The standard InChI is InChI=1S/C16H22N6O2/c1-11-15(12(2)21(4)20-11)10-19-16(17-3)18-9-13-5-7-14(8-6-13)22(23)24/h5-8H,9-10H2,1-4H3,(H2,17,18,19). The molecule has 1 aromatic carbocycles. The lowest BCUT2D eigenvalue weighted by molar-refractivity contribution is -0.384. The average molecular weight is 330 g/mol. The highest BCUT2D eigenvalue weighted by Crippen LogP contribution is 2.12. The Hall–Kier alpha value is -2.90. The maximum Gasteiger partial charge on any atom is 0.269 e. The first-order valence-electron chi connectivity index (χ1n) is 7.59. The molecule has 0 aliphatic carbocycles. The maximum absolute atomic E-state index is 10.7. The van der Waals surface area contributed by atoms with Crippen molar-refractivity contribution in [2.24, 2.45) is 12.0 Å². The molecule has 0 radical (unpaired) electrons. The van der Waals surface area contributed by atoms with E-state index in [1.807, 2.05) is 25.6 Å². The molecule has 1 heterocycles. The highest BCUT2D eigenvalue weighted by atomic mass is 16.6. The summed E-state index contributed by atoms with van der Waals surface area (Å²) in [6, 6.07) is 6.45. The number of guanidine groups is 1. The van der Waals surface area contributed by atoms with E-state index < -0.39 is 4.92 Å². The van der Waals surface area contributed by atoms with E-state index >= 15 is 0 Å². The topological polar surface area (TPSA) is 97.4 Å². The first-order valence-corrected chi connectivity index (χ1v) is 7.59. The molecule has 24 heavy (non-hydrogen) atoms. The van der Waals surface area contributed by atoms with Gasteiger partial charge in [0.2, 0.25) is 0 Å². The van der Waals surface area contributed by atoms with E-state index in [2.05, 4.69) is 20.7 Å². The van der Waals surface area contributed by atoms with Gasteiger partial charge in [0.25, 0.3) is 5.69 Å². The fourth-order valence-electron chi connectivity index (χ4n) is 2.39. The predicted octanol–water partition coefficient (Wildman–Crippen LogP) is 1.81. The number of aliphatic imine (C=N–C) groups is 1. The third-order valence-electron chi connectivity index (χ3n) is 3.92. The molecule has 0 saturated heterocycles. The van der Waals surface area contributed by atoms with Gasteiger partial charge in [-0.1, -0.05) is 12.1 Å². The Morgan fingerprint density at radius 1 is 1.25 bits per heavy atom. The number of nitrogens with one attached hydrogen (secondary N) is 2. The third-order valence-corrected chi connectivity index (χ3v) is 3.92. The zero-order valence-electron chi connectivity index (χ0n) is 14.3. The summed E-state index contributed by atoms with van der Waals surface area (Å²) in [5.41, 5.74) is 4.29. The molecule has 128 valence electrons. The fraction of sp³-hybridized carbons (Fsp3) is 0.375. The van der Waals surface area contributed by atoms with Crippen LogP contribution in [-0.2, 0) is 20.1 Å². The van der Waals surface area contributed by atoms with Crippen molar-refractivity contribution in [1.82, 2.24) is 20.4 Å². The number of rotatable bonds is 5. The minimum Gasteiger partial charge on any atom is -0.352 e. The SMILES string of the molecule is CN=C(NCc1ccc([N+](=O)[O-])cc1)NCc1c(C)nn(C)c1C. The second-order valence-corrected chi connectivity index (χ2v) is 5.48. The van der Waals surface area contributed by atoms with Gasteiger partial charge in [0.15, 0.2) is 5.96 Å². The maximum atomic E-state index is 10.7. The van der Waals surface area contributed by atoms with Gasteiger partial charge in [-0.25, -0.2) is 0 Å². The van der Waals surface area contributed by atoms with Gasteiger partial charge in [-0.3, -0.25) is 19.8 Å². The van der Waals surface area contributed by atoms with Crippen LogP contribution in [0.5, 0.6) is 0 Å². The lowest BCUT2D eigenvalue weighted by Crippen LogP contribution is -2.36. The summed E-state index contributed by atoms with van der Waals surface area (Å²) in [4.78, 5) is 14.4. The van der Waals surface area contributed by atoms with E-state index in [1.54, 1.807) is 19.2 Å². The lowest BCUT2D eigenvalue weighted by Gasteiger charge is -2.12. The summed E-state index contributed by atoms with van der Waals surface area (Å²) in [6.07, 6.45) is 0. The number of nitro benzene ring substituents is 1. The summed E-state index contributed by atoms with van der Waals surface area (Å²) >= 11 is 0. The van der Waals surface area contributed by atoms with Crippen molar-refractivity contribution in [2.75, 3.05) is 7.05 Å². The van der Waals surface area contributed by atoms with Crippen LogP contribution < -0.4 is 10.6 Å². The van der Waals surface area contributed by atoms with Gasteiger partial charge in [0.05, 0.1) is 10.6 Å². The van der Waals surface area contributed by atoms with Gasteiger partial charge < -0.3 is 10.6 Å². The van der Waals surface area contributed by atoms with Crippen molar-refractivity contribution in [3.63, 3.8) is 0 Å². The number of nitrogens with zero attached hydrogens (tertiary/aromatic N) is 4. The normalized spacial score (nSPS) is 11.4.